The van der Waals surface area contributed by atoms with Gasteiger partial charge >= 0.3 is 0 Å². The summed E-state index contributed by atoms with van der Waals surface area (Å²) in [6, 6.07) is 11.8. The highest BCUT2D eigenvalue weighted by Gasteiger charge is 2.03. The molecule has 0 saturated carbocycles. The van der Waals surface area contributed by atoms with Gasteiger partial charge in [0, 0.05) is 30.5 Å². The minimum atomic E-state index is 0.748. The zero-order chi connectivity index (χ0) is 12.4. The van der Waals surface area contributed by atoms with Crippen molar-refractivity contribution >= 4 is 16.7 Å². The van der Waals surface area contributed by atoms with Crippen LogP contribution in [0, 0.1) is 0 Å². The van der Waals surface area contributed by atoms with Crippen molar-refractivity contribution in [3.63, 3.8) is 0 Å². The maximum absolute atomic E-state index is 5.74. The lowest BCUT2D eigenvalue weighted by molar-refractivity contribution is 0.703. The van der Waals surface area contributed by atoms with Gasteiger partial charge in [-0.25, -0.2) is 4.98 Å². The van der Waals surface area contributed by atoms with E-state index in [0.717, 1.165) is 35.4 Å². The fraction of sp³-hybridized carbons (Fsp3) is 0.143. The van der Waals surface area contributed by atoms with Crippen LogP contribution in [0.25, 0.3) is 11.0 Å². The molecule has 0 saturated heterocycles. The summed E-state index contributed by atoms with van der Waals surface area (Å²) in [7, 11) is 0. The second-order valence-electron chi connectivity index (χ2n) is 4.26. The van der Waals surface area contributed by atoms with Crippen LogP contribution < -0.4 is 5.73 Å². The molecule has 2 aromatic heterocycles. The van der Waals surface area contributed by atoms with Gasteiger partial charge in [0.1, 0.15) is 0 Å². The maximum Gasteiger partial charge on any atom is 0.0958 e. The molecule has 2 heterocycles. The van der Waals surface area contributed by atoms with Gasteiger partial charge in [0.2, 0.25) is 0 Å². The largest absolute Gasteiger partial charge is 0.399 e. The molecule has 3 rings (SSSR count). The van der Waals surface area contributed by atoms with Gasteiger partial charge in [0.15, 0.2) is 0 Å². The molecule has 0 spiro atoms. The monoisotopic (exact) mass is 238 g/mol. The van der Waals surface area contributed by atoms with E-state index in [-0.39, 0.29) is 0 Å². The van der Waals surface area contributed by atoms with Crippen molar-refractivity contribution in [2.45, 2.75) is 13.0 Å². The first kappa shape index (κ1) is 10.8. The molecule has 0 atom stereocenters. The Morgan fingerprint density at radius 1 is 1.11 bits per heavy atom. The van der Waals surface area contributed by atoms with E-state index in [1.165, 1.54) is 0 Å². The minimum Gasteiger partial charge on any atom is -0.399 e. The number of rotatable bonds is 3. The first-order chi connectivity index (χ1) is 8.83. The van der Waals surface area contributed by atoms with E-state index in [1.807, 2.05) is 48.9 Å². The number of imidazole rings is 1. The number of pyridine rings is 1. The number of benzene rings is 1. The lowest BCUT2D eigenvalue weighted by Crippen LogP contribution is -2.01. The van der Waals surface area contributed by atoms with Crippen LogP contribution in [0.15, 0.2) is 48.9 Å². The molecule has 0 aliphatic heterocycles. The highest BCUT2D eigenvalue weighted by molar-refractivity contribution is 5.78. The molecule has 2 N–H and O–H groups in total. The van der Waals surface area contributed by atoms with Gasteiger partial charge in [-0.2, -0.15) is 0 Å². The van der Waals surface area contributed by atoms with Gasteiger partial charge in [-0.15, -0.1) is 0 Å². The predicted molar refractivity (Wildman–Crippen MR) is 72.1 cm³/mol. The van der Waals surface area contributed by atoms with Crippen LogP contribution in [0.2, 0.25) is 0 Å². The molecule has 0 aliphatic rings. The maximum atomic E-state index is 5.74. The molecular formula is C14H14N4. The van der Waals surface area contributed by atoms with Crippen LogP contribution in [0.1, 0.15) is 5.69 Å². The van der Waals surface area contributed by atoms with E-state index in [0.29, 0.717) is 0 Å². The number of anilines is 1. The molecule has 3 aromatic rings. The van der Waals surface area contributed by atoms with Crippen molar-refractivity contribution in [1.29, 1.82) is 0 Å². The molecule has 1 aromatic carbocycles. The normalized spacial score (nSPS) is 10.9. The Bertz CT molecular complexity index is 658. The lowest BCUT2D eigenvalue weighted by atomic mass is 10.2. The fourth-order valence-corrected chi connectivity index (χ4v) is 2.04. The Morgan fingerprint density at radius 3 is 2.89 bits per heavy atom. The summed E-state index contributed by atoms with van der Waals surface area (Å²) in [5.41, 5.74) is 9.63. The van der Waals surface area contributed by atoms with Crippen molar-refractivity contribution in [3.05, 3.63) is 54.6 Å². The van der Waals surface area contributed by atoms with Crippen LogP contribution in [0.4, 0.5) is 5.69 Å². The van der Waals surface area contributed by atoms with E-state index in [2.05, 4.69) is 14.5 Å². The third kappa shape index (κ3) is 2.05. The van der Waals surface area contributed by atoms with Crippen LogP contribution >= 0.6 is 0 Å². The molecule has 90 valence electrons. The summed E-state index contributed by atoms with van der Waals surface area (Å²) in [5, 5.41) is 0. The van der Waals surface area contributed by atoms with Crippen LogP contribution in [-0.2, 0) is 13.0 Å². The molecule has 0 bridgehead atoms. The van der Waals surface area contributed by atoms with Crippen molar-refractivity contribution < 1.29 is 0 Å². The summed E-state index contributed by atoms with van der Waals surface area (Å²) in [5.74, 6) is 0. The highest BCUT2D eigenvalue weighted by atomic mass is 15.0. The molecule has 0 amide bonds. The van der Waals surface area contributed by atoms with E-state index < -0.39 is 0 Å². The van der Waals surface area contributed by atoms with Gasteiger partial charge < -0.3 is 10.3 Å². The third-order valence-corrected chi connectivity index (χ3v) is 2.98. The predicted octanol–water partition coefficient (Wildman–Crippen LogP) is 2.26. The van der Waals surface area contributed by atoms with Gasteiger partial charge in [-0.05, 0) is 30.3 Å². The quantitative estimate of drug-likeness (QED) is 0.712. The second-order valence-corrected chi connectivity index (χ2v) is 4.26. The number of nitrogen functional groups attached to an aromatic ring is 1. The van der Waals surface area contributed by atoms with Gasteiger partial charge in [0.05, 0.1) is 17.4 Å². The summed E-state index contributed by atoms with van der Waals surface area (Å²) >= 11 is 0. The zero-order valence-corrected chi connectivity index (χ0v) is 9.95. The van der Waals surface area contributed by atoms with Gasteiger partial charge in [-0.3, -0.25) is 4.98 Å². The third-order valence-electron chi connectivity index (χ3n) is 2.98. The average Bonchev–Trinajstić information content (AvgIpc) is 2.80. The topological polar surface area (TPSA) is 56.7 Å². The van der Waals surface area contributed by atoms with Crippen molar-refractivity contribution in [2.24, 2.45) is 0 Å². The number of aryl methyl sites for hydroxylation is 2. The van der Waals surface area contributed by atoms with Crippen LogP contribution in [0.3, 0.4) is 0 Å². The van der Waals surface area contributed by atoms with Crippen LogP contribution in [0.5, 0.6) is 0 Å². The van der Waals surface area contributed by atoms with Crippen molar-refractivity contribution in [3.8, 4) is 0 Å². The SMILES string of the molecule is Nc1ccc2c(c1)ncn2CCc1ccccn1. The summed E-state index contributed by atoms with van der Waals surface area (Å²) in [4.78, 5) is 8.67. The first-order valence-electron chi connectivity index (χ1n) is 5.93. The summed E-state index contributed by atoms with van der Waals surface area (Å²) < 4.78 is 2.13. The van der Waals surface area contributed by atoms with E-state index in [9.17, 15) is 0 Å². The number of nitrogens with two attached hydrogens (primary N) is 1. The first-order valence-corrected chi connectivity index (χ1v) is 5.93. The number of fused-ring (bicyclic) bond motifs is 1. The van der Waals surface area contributed by atoms with E-state index in [1.54, 1.807) is 0 Å². The Morgan fingerprint density at radius 2 is 2.06 bits per heavy atom. The number of hydrogen-bond donors (Lipinski definition) is 1. The van der Waals surface area contributed by atoms with E-state index >= 15 is 0 Å². The summed E-state index contributed by atoms with van der Waals surface area (Å²) in [6.45, 7) is 0.872. The lowest BCUT2D eigenvalue weighted by Gasteiger charge is -2.04. The molecule has 4 nitrogen and oxygen atoms in total. The molecule has 0 aliphatic carbocycles. The Balaban J connectivity index is 1.83. The number of hydrogen-bond acceptors (Lipinski definition) is 3. The molecule has 4 heteroatoms. The minimum absolute atomic E-state index is 0.748. The Labute approximate surface area is 105 Å². The van der Waals surface area contributed by atoms with Gasteiger partial charge in [0.25, 0.3) is 0 Å². The molecule has 0 unspecified atom stereocenters. The molecular weight excluding hydrogens is 224 g/mol. The zero-order valence-electron chi connectivity index (χ0n) is 9.95. The Hall–Kier alpha value is -2.36. The smallest absolute Gasteiger partial charge is 0.0958 e. The average molecular weight is 238 g/mol. The highest BCUT2D eigenvalue weighted by Crippen LogP contribution is 2.16. The summed E-state index contributed by atoms with van der Waals surface area (Å²) in [6.07, 6.45) is 4.58. The van der Waals surface area contributed by atoms with Gasteiger partial charge in [-0.1, -0.05) is 6.07 Å². The molecule has 0 fully saturated rings. The Kier molecular flexibility index (Phi) is 2.68. The number of nitrogens with zero attached hydrogens (tertiary/aromatic N) is 3. The van der Waals surface area contributed by atoms with E-state index in [4.69, 9.17) is 5.73 Å². The number of aromatic nitrogens is 3. The standard InChI is InChI=1S/C14H14N4/c15-11-4-5-14-13(9-11)17-10-18(14)8-6-12-3-1-2-7-16-12/h1-5,7,9-10H,6,8,15H2. The van der Waals surface area contributed by atoms with Crippen molar-refractivity contribution in [2.75, 3.05) is 5.73 Å². The van der Waals surface area contributed by atoms with Crippen molar-refractivity contribution in [1.82, 2.24) is 14.5 Å². The fourth-order valence-electron chi connectivity index (χ4n) is 2.04. The molecule has 18 heavy (non-hydrogen) atoms. The molecule has 0 radical (unpaired) electrons. The van der Waals surface area contributed by atoms with Crippen LogP contribution in [-0.4, -0.2) is 14.5 Å². The second kappa shape index (κ2) is 4.49.